The first kappa shape index (κ1) is 17.3. The maximum Gasteiger partial charge on any atom is 0.313 e. The van der Waals surface area contributed by atoms with Crippen LogP contribution in [0.3, 0.4) is 0 Å². The Labute approximate surface area is 136 Å². The molecule has 0 heterocycles. The molecular formula is C17H24N2O4. The van der Waals surface area contributed by atoms with Crippen molar-refractivity contribution in [2.24, 2.45) is 5.92 Å². The van der Waals surface area contributed by atoms with Crippen molar-refractivity contribution < 1.29 is 19.4 Å². The SMILES string of the molecule is COc1ccccc1NC(=O)C(=O)NCC(O)C1CCCCC1. The van der Waals surface area contributed by atoms with Crippen LogP contribution < -0.4 is 15.4 Å². The average Bonchev–Trinajstić information content (AvgIpc) is 2.60. The van der Waals surface area contributed by atoms with E-state index in [1.165, 1.54) is 13.5 Å². The van der Waals surface area contributed by atoms with Gasteiger partial charge >= 0.3 is 11.8 Å². The number of benzene rings is 1. The smallest absolute Gasteiger partial charge is 0.313 e. The molecule has 1 saturated carbocycles. The molecule has 2 amide bonds. The Kier molecular flexibility index (Phi) is 6.40. The van der Waals surface area contributed by atoms with E-state index in [1.54, 1.807) is 24.3 Å². The number of carbonyl (C=O) groups is 2. The van der Waals surface area contributed by atoms with E-state index in [1.807, 2.05) is 0 Å². The number of rotatable bonds is 5. The Morgan fingerprint density at radius 1 is 1.22 bits per heavy atom. The molecule has 1 aliphatic rings. The van der Waals surface area contributed by atoms with Crippen LogP contribution in [0.5, 0.6) is 5.75 Å². The van der Waals surface area contributed by atoms with Gasteiger partial charge in [0.1, 0.15) is 5.75 Å². The predicted octanol–water partition coefficient (Wildman–Crippen LogP) is 1.69. The average molecular weight is 320 g/mol. The van der Waals surface area contributed by atoms with Gasteiger partial charge in [0, 0.05) is 6.54 Å². The van der Waals surface area contributed by atoms with Crippen molar-refractivity contribution in [3.05, 3.63) is 24.3 Å². The minimum atomic E-state index is -0.773. The summed E-state index contributed by atoms with van der Waals surface area (Å²) < 4.78 is 5.12. The quantitative estimate of drug-likeness (QED) is 0.721. The van der Waals surface area contributed by atoms with E-state index in [0.29, 0.717) is 11.4 Å². The van der Waals surface area contributed by atoms with Gasteiger partial charge in [-0.1, -0.05) is 31.4 Å². The highest BCUT2D eigenvalue weighted by molar-refractivity contribution is 6.39. The van der Waals surface area contributed by atoms with Gasteiger partial charge in [-0.3, -0.25) is 9.59 Å². The number of para-hydroxylation sites is 2. The van der Waals surface area contributed by atoms with Crippen molar-refractivity contribution in [3.8, 4) is 5.75 Å². The van der Waals surface area contributed by atoms with Crippen molar-refractivity contribution in [3.63, 3.8) is 0 Å². The lowest BCUT2D eigenvalue weighted by atomic mass is 9.85. The number of anilines is 1. The Balaban J connectivity index is 1.81. The van der Waals surface area contributed by atoms with Crippen LogP contribution >= 0.6 is 0 Å². The molecule has 1 aliphatic carbocycles. The summed E-state index contributed by atoms with van der Waals surface area (Å²) in [6, 6.07) is 6.86. The summed E-state index contributed by atoms with van der Waals surface area (Å²) in [4.78, 5) is 23.8. The van der Waals surface area contributed by atoms with Gasteiger partial charge < -0.3 is 20.5 Å². The van der Waals surface area contributed by atoms with Crippen LogP contribution in [0.1, 0.15) is 32.1 Å². The molecule has 1 aromatic carbocycles. The topological polar surface area (TPSA) is 87.7 Å². The molecule has 0 bridgehead atoms. The van der Waals surface area contributed by atoms with Crippen LogP contribution in [0.25, 0.3) is 0 Å². The minimum Gasteiger partial charge on any atom is -0.495 e. The molecule has 3 N–H and O–H groups in total. The van der Waals surface area contributed by atoms with E-state index < -0.39 is 17.9 Å². The Morgan fingerprint density at radius 2 is 1.91 bits per heavy atom. The van der Waals surface area contributed by atoms with E-state index in [0.717, 1.165) is 25.7 Å². The van der Waals surface area contributed by atoms with E-state index in [2.05, 4.69) is 10.6 Å². The van der Waals surface area contributed by atoms with Gasteiger partial charge in [-0.2, -0.15) is 0 Å². The van der Waals surface area contributed by atoms with E-state index in [-0.39, 0.29) is 12.5 Å². The normalized spacial score (nSPS) is 16.4. The second-order valence-electron chi connectivity index (χ2n) is 5.83. The molecule has 0 aliphatic heterocycles. The Bertz CT molecular complexity index is 541. The number of ether oxygens (including phenoxy) is 1. The fourth-order valence-corrected chi connectivity index (χ4v) is 2.89. The summed E-state index contributed by atoms with van der Waals surface area (Å²) in [5.41, 5.74) is 0.433. The van der Waals surface area contributed by atoms with Crippen LogP contribution in [-0.2, 0) is 9.59 Å². The third-order valence-corrected chi connectivity index (χ3v) is 4.23. The number of nitrogens with one attached hydrogen (secondary N) is 2. The first-order chi connectivity index (χ1) is 11.1. The summed E-state index contributed by atoms with van der Waals surface area (Å²) >= 11 is 0. The third kappa shape index (κ3) is 4.96. The summed E-state index contributed by atoms with van der Waals surface area (Å²) in [5, 5.41) is 15.1. The lowest BCUT2D eigenvalue weighted by Gasteiger charge is -2.26. The van der Waals surface area contributed by atoms with Gasteiger partial charge in [0.15, 0.2) is 0 Å². The molecule has 0 spiro atoms. The molecular weight excluding hydrogens is 296 g/mol. The van der Waals surface area contributed by atoms with Crippen LogP contribution in [0.2, 0.25) is 0 Å². The molecule has 1 atom stereocenters. The lowest BCUT2D eigenvalue weighted by molar-refractivity contribution is -0.136. The van der Waals surface area contributed by atoms with E-state index in [9.17, 15) is 14.7 Å². The molecule has 1 fully saturated rings. The zero-order valence-electron chi connectivity index (χ0n) is 13.4. The zero-order valence-corrected chi connectivity index (χ0v) is 13.4. The highest BCUT2D eigenvalue weighted by Gasteiger charge is 2.23. The maximum atomic E-state index is 11.9. The molecule has 6 heteroatoms. The Morgan fingerprint density at radius 3 is 2.61 bits per heavy atom. The fraction of sp³-hybridized carbons (Fsp3) is 0.529. The molecule has 6 nitrogen and oxygen atoms in total. The largest absolute Gasteiger partial charge is 0.495 e. The number of methoxy groups -OCH3 is 1. The number of hydrogen-bond donors (Lipinski definition) is 3. The van der Waals surface area contributed by atoms with Gasteiger partial charge in [0.2, 0.25) is 0 Å². The van der Waals surface area contributed by atoms with Crippen LogP contribution in [0.15, 0.2) is 24.3 Å². The standard InChI is InChI=1S/C17H24N2O4/c1-23-15-10-6-5-9-13(15)19-17(22)16(21)18-11-14(20)12-7-3-2-4-8-12/h5-6,9-10,12,14,20H,2-4,7-8,11H2,1H3,(H,18,21)(H,19,22). The van der Waals surface area contributed by atoms with E-state index in [4.69, 9.17) is 4.74 Å². The van der Waals surface area contributed by atoms with E-state index >= 15 is 0 Å². The van der Waals surface area contributed by atoms with Crippen LogP contribution in [0.4, 0.5) is 5.69 Å². The molecule has 2 rings (SSSR count). The van der Waals surface area contributed by atoms with Crippen LogP contribution in [0, 0.1) is 5.92 Å². The van der Waals surface area contributed by atoms with Gasteiger partial charge in [-0.15, -0.1) is 0 Å². The van der Waals surface area contributed by atoms with Crippen molar-refractivity contribution in [1.82, 2.24) is 5.32 Å². The number of amides is 2. The molecule has 126 valence electrons. The van der Waals surface area contributed by atoms with Gasteiger partial charge in [-0.25, -0.2) is 0 Å². The predicted molar refractivity (Wildman–Crippen MR) is 87.2 cm³/mol. The molecule has 0 aromatic heterocycles. The molecule has 1 aromatic rings. The summed E-state index contributed by atoms with van der Waals surface area (Å²) in [6.07, 6.45) is 4.79. The number of hydrogen-bond acceptors (Lipinski definition) is 4. The monoisotopic (exact) mass is 320 g/mol. The first-order valence-corrected chi connectivity index (χ1v) is 8.02. The second-order valence-corrected chi connectivity index (χ2v) is 5.83. The number of aliphatic hydroxyl groups is 1. The van der Waals surface area contributed by atoms with Crippen LogP contribution in [-0.4, -0.2) is 36.7 Å². The van der Waals surface area contributed by atoms with Gasteiger partial charge in [-0.05, 0) is 30.9 Å². The van der Waals surface area contributed by atoms with Crippen molar-refractivity contribution in [2.45, 2.75) is 38.2 Å². The van der Waals surface area contributed by atoms with Gasteiger partial charge in [0.25, 0.3) is 0 Å². The summed E-state index contributed by atoms with van der Waals surface area (Å²) in [7, 11) is 1.49. The summed E-state index contributed by atoms with van der Waals surface area (Å²) in [5.74, 6) is -0.840. The number of aliphatic hydroxyl groups excluding tert-OH is 1. The van der Waals surface area contributed by atoms with Crippen molar-refractivity contribution in [1.29, 1.82) is 0 Å². The minimum absolute atomic E-state index is 0.100. The molecule has 0 radical (unpaired) electrons. The zero-order chi connectivity index (χ0) is 16.7. The fourth-order valence-electron chi connectivity index (χ4n) is 2.89. The highest BCUT2D eigenvalue weighted by atomic mass is 16.5. The molecule has 0 saturated heterocycles. The highest BCUT2D eigenvalue weighted by Crippen LogP contribution is 2.26. The first-order valence-electron chi connectivity index (χ1n) is 8.02. The second kappa shape index (κ2) is 8.53. The lowest BCUT2D eigenvalue weighted by Crippen LogP contribution is -2.42. The number of carbonyl (C=O) groups excluding carboxylic acids is 2. The molecule has 1 unspecified atom stereocenters. The third-order valence-electron chi connectivity index (χ3n) is 4.23. The van der Waals surface area contributed by atoms with Gasteiger partial charge in [0.05, 0.1) is 18.9 Å². The van der Waals surface area contributed by atoms with Crippen molar-refractivity contribution in [2.75, 3.05) is 19.0 Å². The van der Waals surface area contributed by atoms with Crippen molar-refractivity contribution >= 4 is 17.5 Å². The molecule has 23 heavy (non-hydrogen) atoms. The summed E-state index contributed by atoms with van der Waals surface area (Å²) in [6.45, 7) is 0.100. The maximum absolute atomic E-state index is 11.9. The Hall–Kier alpha value is -2.08.